The summed E-state index contributed by atoms with van der Waals surface area (Å²) in [6, 6.07) is 0. The summed E-state index contributed by atoms with van der Waals surface area (Å²) in [4.78, 5) is 36.3. The van der Waals surface area contributed by atoms with Gasteiger partial charge in [-0.1, -0.05) is 48.4 Å². The Labute approximate surface area is 191 Å². The molecule has 0 saturated heterocycles. The van der Waals surface area contributed by atoms with Crippen molar-refractivity contribution in [1.82, 2.24) is 0 Å². The molecule has 6 nitrogen and oxygen atoms in total. The molecule has 7 heteroatoms. The van der Waals surface area contributed by atoms with E-state index in [1.165, 1.54) is 6.92 Å². The maximum absolute atomic E-state index is 13.0. The maximum Gasteiger partial charge on any atom is 0.303 e. The molecule has 0 aromatic heterocycles. The fourth-order valence-corrected chi connectivity index (χ4v) is 8.38. The zero-order chi connectivity index (χ0) is 23.0. The van der Waals surface area contributed by atoms with Crippen molar-refractivity contribution in [2.45, 2.75) is 69.4 Å². The number of hydrogen-bond donors (Lipinski definition) is 2. The second-order valence-corrected chi connectivity index (χ2v) is 11.7. The molecule has 0 aromatic rings. The third-order valence-corrected chi connectivity index (χ3v) is 10.9. The summed E-state index contributed by atoms with van der Waals surface area (Å²) < 4.78 is 4.20. The first-order valence-electron chi connectivity index (χ1n) is 11.0. The first kappa shape index (κ1) is 22.9. The molecule has 0 amide bonds. The molecule has 0 aliphatic heterocycles. The average molecular weight is 495 g/mol. The molecule has 8 atom stereocenters. The molecule has 0 aromatic carbocycles. The zero-order valence-corrected chi connectivity index (χ0v) is 20.1. The smallest absolute Gasteiger partial charge is 0.303 e. The van der Waals surface area contributed by atoms with Crippen molar-refractivity contribution in [3.63, 3.8) is 0 Å². The van der Waals surface area contributed by atoms with E-state index in [0.29, 0.717) is 6.42 Å². The number of hydrogen-bond acceptors (Lipinski definition) is 6. The molecule has 0 spiro atoms. The van der Waals surface area contributed by atoms with E-state index in [-0.39, 0.29) is 36.4 Å². The first-order chi connectivity index (χ1) is 14.3. The van der Waals surface area contributed by atoms with Gasteiger partial charge in [-0.2, -0.15) is 0 Å². The number of carbonyl (C=O) groups is 3. The molecule has 2 N–H and O–H groups in total. The number of esters is 1. The number of carbonyl (C=O) groups excluding carboxylic acids is 3. The highest BCUT2D eigenvalue weighted by molar-refractivity contribution is 9.10. The van der Waals surface area contributed by atoms with Crippen LogP contribution in [-0.4, -0.2) is 50.4 Å². The van der Waals surface area contributed by atoms with Crippen LogP contribution in [0.15, 0.2) is 23.8 Å². The molecule has 4 rings (SSSR count). The van der Waals surface area contributed by atoms with Crippen LogP contribution in [0.25, 0.3) is 0 Å². The normalized spacial score (nSPS) is 48.4. The quantitative estimate of drug-likeness (QED) is 0.462. The van der Waals surface area contributed by atoms with Crippen LogP contribution in [0.2, 0.25) is 0 Å². The van der Waals surface area contributed by atoms with Crippen molar-refractivity contribution in [2.24, 2.45) is 28.6 Å². The molecular weight excluding hydrogens is 464 g/mol. The number of ketones is 2. The summed E-state index contributed by atoms with van der Waals surface area (Å²) in [7, 11) is 0. The highest BCUT2D eigenvalue weighted by Gasteiger charge is 2.73. The number of fused-ring (bicyclic) bond motifs is 5. The van der Waals surface area contributed by atoms with Crippen LogP contribution < -0.4 is 0 Å². The number of rotatable bonds is 3. The van der Waals surface area contributed by atoms with Crippen LogP contribution in [0.4, 0.5) is 0 Å². The number of alkyl halides is 1. The van der Waals surface area contributed by atoms with Crippen molar-refractivity contribution in [3.8, 4) is 0 Å². The molecule has 4 aliphatic carbocycles. The lowest BCUT2D eigenvalue weighted by Gasteiger charge is -2.65. The molecule has 170 valence electrons. The number of allylic oxidation sites excluding steroid dienone is 4. The molecule has 4 aliphatic rings. The minimum absolute atomic E-state index is 0.00611. The van der Waals surface area contributed by atoms with Crippen LogP contribution in [-0.2, 0) is 19.1 Å². The van der Waals surface area contributed by atoms with E-state index in [0.717, 1.165) is 12.0 Å². The number of halogens is 1. The molecule has 0 radical (unpaired) electrons. The minimum atomic E-state index is -1.65. The molecule has 31 heavy (non-hydrogen) atoms. The number of Topliss-reactive ketones (excluding diaryl/α,β-unsaturated/α-hetero) is 1. The fraction of sp³-hybridized carbons (Fsp3) is 0.708. The van der Waals surface area contributed by atoms with E-state index >= 15 is 0 Å². The van der Waals surface area contributed by atoms with Crippen molar-refractivity contribution in [1.29, 1.82) is 0 Å². The van der Waals surface area contributed by atoms with Gasteiger partial charge in [0.05, 0.1) is 10.4 Å². The standard InChI is InChI=1S/C24H31BrO6/c1-13-9-18-16-6-8-23(30,20(29)12-31-14(2)26)22(16,4)11-19(28)24(18,25)21(3)7-5-15(27)10-17(13)21/h5,7,10,13,16,18-19,28,30H,6,8-9,11-12H2,1-4H3/t13-,16-,18?,19-,21-,22-,23-,24-/m0/s1. The molecule has 3 saturated carbocycles. The maximum atomic E-state index is 13.0. The number of aliphatic hydroxyl groups excluding tert-OH is 1. The molecule has 0 heterocycles. The summed E-state index contributed by atoms with van der Waals surface area (Å²) in [6.45, 7) is 6.84. The van der Waals surface area contributed by atoms with Crippen molar-refractivity contribution in [3.05, 3.63) is 23.8 Å². The molecular formula is C24H31BrO6. The third-order valence-electron chi connectivity index (χ3n) is 8.99. The lowest BCUT2D eigenvalue weighted by Crippen LogP contribution is -2.69. The zero-order valence-electron chi connectivity index (χ0n) is 18.5. The van der Waals surface area contributed by atoms with Gasteiger partial charge in [-0.05, 0) is 55.6 Å². The lowest BCUT2D eigenvalue weighted by atomic mass is 9.44. The topological polar surface area (TPSA) is 101 Å². The van der Waals surface area contributed by atoms with Crippen LogP contribution in [0.3, 0.4) is 0 Å². The van der Waals surface area contributed by atoms with Gasteiger partial charge in [-0.3, -0.25) is 14.4 Å². The Balaban J connectivity index is 1.75. The molecule has 3 fully saturated rings. The SMILES string of the molecule is CC(=O)OCC(=O)[C@@]1(O)CC[C@H]2C3C[C@H](C)C4=CC(=O)C=C[C@]4(C)[C@@]3(Br)[C@@H](O)C[C@@]21C. The minimum Gasteiger partial charge on any atom is -0.458 e. The first-order valence-corrected chi connectivity index (χ1v) is 11.8. The van der Waals surface area contributed by atoms with Gasteiger partial charge in [-0.25, -0.2) is 0 Å². The fourth-order valence-electron chi connectivity index (χ4n) is 7.35. The summed E-state index contributed by atoms with van der Waals surface area (Å²) in [5.41, 5.74) is -2.01. The molecule has 0 bridgehead atoms. The van der Waals surface area contributed by atoms with Gasteiger partial charge in [0.1, 0.15) is 5.60 Å². The largest absolute Gasteiger partial charge is 0.458 e. The van der Waals surface area contributed by atoms with Crippen LogP contribution in [0, 0.1) is 28.6 Å². The highest BCUT2D eigenvalue weighted by atomic mass is 79.9. The number of ether oxygens (including phenoxy) is 1. The van der Waals surface area contributed by atoms with Gasteiger partial charge >= 0.3 is 5.97 Å². The predicted molar refractivity (Wildman–Crippen MR) is 117 cm³/mol. The predicted octanol–water partition coefficient (Wildman–Crippen LogP) is 2.89. The number of aliphatic hydroxyl groups is 2. The van der Waals surface area contributed by atoms with Crippen molar-refractivity contribution in [2.75, 3.05) is 6.61 Å². The second kappa shape index (κ2) is 7.09. The van der Waals surface area contributed by atoms with Crippen LogP contribution >= 0.6 is 15.9 Å². The Morgan fingerprint density at radius 3 is 2.61 bits per heavy atom. The van der Waals surface area contributed by atoms with Crippen LogP contribution in [0.5, 0.6) is 0 Å². The van der Waals surface area contributed by atoms with Crippen LogP contribution in [0.1, 0.15) is 53.4 Å². The summed E-state index contributed by atoms with van der Waals surface area (Å²) >= 11 is 3.98. The Kier molecular flexibility index (Phi) is 5.23. The Bertz CT molecular complexity index is 910. The van der Waals surface area contributed by atoms with E-state index in [1.807, 2.05) is 13.0 Å². The van der Waals surface area contributed by atoms with E-state index in [1.54, 1.807) is 12.2 Å². The second-order valence-electron chi connectivity index (χ2n) is 10.4. The lowest BCUT2D eigenvalue weighted by molar-refractivity contribution is -0.176. The monoisotopic (exact) mass is 494 g/mol. The third kappa shape index (κ3) is 2.85. The van der Waals surface area contributed by atoms with E-state index in [9.17, 15) is 24.6 Å². The summed E-state index contributed by atoms with van der Waals surface area (Å²) in [6.07, 6.45) is 6.27. The van der Waals surface area contributed by atoms with Gasteiger partial charge in [0.15, 0.2) is 12.4 Å². The van der Waals surface area contributed by atoms with Gasteiger partial charge in [0.2, 0.25) is 5.78 Å². The van der Waals surface area contributed by atoms with Crippen molar-refractivity contribution >= 4 is 33.5 Å². The van der Waals surface area contributed by atoms with Gasteiger partial charge in [0, 0.05) is 17.8 Å². The van der Waals surface area contributed by atoms with Gasteiger partial charge in [-0.15, -0.1) is 0 Å². The average Bonchev–Trinajstić information content (AvgIpc) is 2.96. The highest BCUT2D eigenvalue weighted by Crippen LogP contribution is 2.71. The Morgan fingerprint density at radius 1 is 1.29 bits per heavy atom. The van der Waals surface area contributed by atoms with Crippen molar-refractivity contribution < 1.29 is 29.3 Å². The Morgan fingerprint density at radius 2 is 1.97 bits per heavy atom. The van der Waals surface area contributed by atoms with E-state index in [4.69, 9.17) is 4.74 Å². The van der Waals surface area contributed by atoms with Gasteiger partial charge in [0.25, 0.3) is 0 Å². The van der Waals surface area contributed by atoms with E-state index < -0.39 is 45.2 Å². The van der Waals surface area contributed by atoms with Gasteiger partial charge < -0.3 is 14.9 Å². The van der Waals surface area contributed by atoms with E-state index in [2.05, 4.69) is 29.8 Å². The molecule has 1 unspecified atom stereocenters. The Hall–Kier alpha value is -1.31. The summed E-state index contributed by atoms with van der Waals surface area (Å²) in [5, 5.41) is 23.1. The summed E-state index contributed by atoms with van der Waals surface area (Å²) in [5.74, 6) is -0.974.